The van der Waals surface area contributed by atoms with Crippen molar-refractivity contribution in [3.63, 3.8) is 0 Å². The highest BCUT2D eigenvalue weighted by Crippen LogP contribution is 2.22. The number of nitrogens with one attached hydrogen (secondary N) is 2. The van der Waals surface area contributed by atoms with Crippen molar-refractivity contribution in [1.29, 1.82) is 0 Å². The van der Waals surface area contributed by atoms with Crippen LogP contribution in [0.15, 0.2) is 34.1 Å². The molecule has 2 amide bonds. The summed E-state index contributed by atoms with van der Waals surface area (Å²) in [5.41, 5.74) is -0.287. The van der Waals surface area contributed by atoms with Crippen LogP contribution in [0.2, 0.25) is 0 Å². The quantitative estimate of drug-likeness (QED) is 0.765. The van der Waals surface area contributed by atoms with Crippen LogP contribution in [0.5, 0.6) is 0 Å². The first-order valence-electron chi connectivity index (χ1n) is 5.77. The van der Waals surface area contributed by atoms with Crippen LogP contribution in [0.1, 0.15) is 15.2 Å². The lowest BCUT2D eigenvalue weighted by Gasteiger charge is -2.08. The van der Waals surface area contributed by atoms with Gasteiger partial charge in [-0.15, -0.1) is 11.3 Å². The molecule has 1 aromatic carbocycles. The minimum absolute atomic E-state index is 0.205. The van der Waals surface area contributed by atoms with E-state index in [0.29, 0.717) is 6.54 Å². The van der Waals surface area contributed by atoms with Gasteiger partial charge in [-0.05, 0) is 45.6 Å². The van der Waals surface area contributed by atoms with Crippen molar-refractivity contribution in [3.8, 4) is 0 Å². The van der Waals surface area contributed by atoms with Gasteiger partial charge in [-0.2, -0.15) is 0 Å². The number of carbonyl (C=O) groups is 2. The summed E-state index contributed by atoms with van der Waals surface area (Å²) in [6, 6.07) is 4.73. The number of carboxylic acids is 1. The number of anilines is 1. The molecule has 0 atom stereocenters. The van der Waals surface area contributed by atoms with Gasteiger partial charge >= 0.3 is 12.0 Å². The molecule has 0 bridgehead atoms. The highest BCUT2D eigenvalue weighted by Gasteiger charge is 2.12. The third-order valence-corrected chi connectivity index (χ3v) is 4.48. The van der Waals surface area contributed by atoms with Crippen LogP contribution in [-0.4, -0.2) is 17.1 Å². The molecule has 0 saturated heterocycles. The van der Waals surface area contributed by atoms with E-state index in [0.717, 1.165) is 21.5 Å². The first-order valence-corrected chi connectivity index (χ1v) is 7.44. The zero-order valence-corrected chi connectivity index (χ0v) is 12.9. The van der Waals surface area contributed by atoms with Gasteiger partial charge in [0, 0.05) is 15.0 Å². The predicted molar refractivity (Wildman–Crippen MR) is 81.2 cm³/mol. The molecule has 8 heteroatoms. The fourth-order valence-electron chi connectivity index (χ4n) is 1.55. The molecule has 0 spiro atoms. The normalized spacial score (nSPS) is 10.2. The summed E-state index contributed by atoms with van der Waals surface area (Å²) in [4.78, 5) is 23.5. The molecular formula is C13H10BrFN2O3S. The minimum atomic E-state index is -1.39. The summed E-state index contributed by atoms with van der Waals surface area (Å²) < 4.78 is 14.1. The number of hydrogen-bond donors (Lipinski definition) is 3. The second-order valence-corrected chi connectivity index (χ2v) is 5.85. The SMILES string of the molecule is O=C(NCc1sccc1Br)Nc1ccc(F)c(C(=O)O)c1. The second kappa shape index (κ2) is 6.68. The van der Waals surface area contributed by atoms with E-state index in [1.165, 1.54) is 17.4 Å². The zero-order valence-electron chi connectivity index (χ0n) is 10.5. The zero-order chi connectivity index (χ0) is 15.4. The van der Waals surface area contributed by atoms with Crippen LogP contribution in [0.4, 0.5) is 14.9 Å². The van der Waals surface area contributed by atoms with Crippen LogP contribution in [0, 0.1) is 5.82 Å². The molecule has 2 aromatic rings. The summed E-state index contributed by atoms with van der Waals surface area (Å²) >= 11 is 4.84. The molecule has 21 heavy (non-hydrogen) atoms. The summed E-state index contributed by atoms with van der Waals surface area (Å²) in [7, 11) is 0. The Morgan fingerprint density at radius 3 is 2.71 bits per heavy atom. The van der Waals surface area contributed by atoms with Gasteiger partial charge in [0.25, 0.3) is 0 Å². The fraction of sp³-hybridized carbons (Fsp3) is 0.0769. The molecule has 0 unspecified atom stereocenters. The smallest absolute Gasteiger partial charge is 0.338 e. The molecule has 3 N–H and O–H groups in total. The van der Waals surface area contributed by atoms with Crippen LogP contribution in [0.3, 0.4) is 0 Å². The van der Waals surface area contributed by atoms with E-state index >= 15 is 0 Å². The van der Waals surface area contributed by atoms with Crippen LogP contribution >= 0.6 is 27.3 Å². The van der Waals surface area contributed by atoms with E-state index in [4.69, 9.17) is 5.11 Å². The fourth-order valence-corrected chi connectivity index (χ4v) is 2.99. The average molecular weight is 373 g/mol. The molecule has 0 saturated carbocycles. The largest absolute Gasteiger partial charge is 0.478 e. The summed E-state index contributed by atoms with van der Waals surface area (Å²) in [6.07, 6.45) is 0. The first-order chi connectivity index (χ1) is 9.97. The Balaban J connectivity index is 1.98. The van der Waals surface area contributed by atoms with Crippen molar-refractivity contribution in [1.82, 2.24) is 5.32 Å². The summed E-state index contributed by atoms with van der Waals surface area (Å²) in [6.45, 7) is 0.330. The molecule has 110 valence electrons. The van der Waals surface area contributed by atoms with Crippen molar-refractivity contribution in [2.24, 2.45) is 0 Å². The van der Waals surface area contributed by atoms with E-state index in [9.17, 15) is 14.0 Å². The Hall–Kier alpha value is -1.93. The molecule has 1 heterocycles. The molecular weight excluding hydrogens is 363 g/mol. The monoisotopic (exact) mass is 372 g/mol. The lowest BCUT2D eigenvalue weighted by Crippen LogP contribution is -2.28. The van der Waals surface area contributed by atoms with Crippen LogP contribution < -0.4 is 10.6 Å². The van der Waals surface area contributed by atoms with Gasteiger partial charge in [0.2, 0.25) is 0 Å². The van der Waals surface area contributed by atoms with Crippen molar-refractivity contribution < 1.29 is 19.1 Å². The Labute approximate surface area is 131 Å². The highest BCUT2D eigenvalue weighted by molar-refractivity contribution is 9.10. The third-order valence-electron chi connectivity index (χ3n) is 2.56. The van der Waals surface area contributed by atoms with Gasteiger partial charge < -0.3 is 15.7 Å². The second-order valence-electron chi connectivity index (χ2n) is 4.00. The van der Waals surface area contributed by atoms with Gasteiger partial charge in [0.1, 0.15) is 5.82 Å². The lowest BCUT2D eigenvalue weighted by molar-refractivity contribution is 0.0692. The van der Waals surface area contributed by atoms with Crippen molar-refractivity contribution in [2.75, 3.05) is 5.32 Å². The van der Waals surface area contributed by atoms with Gasteiger partial charge in [-0.1, -0.05) is 0 Å². The van der Waals surface area contributed by atoms with E-state index in [1.807, 2.05) is 11.4 Å². The number of urea groups is 1. The van der Waals surface area contributed by atoms with Gasteiger partial charge in [-0.25, -0.2) is 14.0 Å². The van der Waals surface area contributed by atoms with Gasteiger partial charge in [0.05, 0.1) is 12.1 Å². The number of thiophene rings is 1. The Kier molecular flexibility index (Phi) is 4.92. The highest BCUT2D eigenvalue weighted by atomic mass is 79.9. The number of amides is 2. The number of carboxylic acid groups (broad SMARTS) is 1. The first kappa shape index (κ1) is 15.5. The molecule has 0 aliphatic heterocycles. The van der Waals surface area contributed by atoms with Crippen LogP contribution in [0.25, 0.3) is 0 Å². The predicted octanol–water partition coefficient (Wildman–Crippen LogP) is 3.67. The molecule has 2 rings (SSSR count). The summed E-state index contributed by atoms with van der Waals surface area (Å²) in [5, 5.41) is 15.8. The molecule has 0 fully saturated rings. The average Bonchev–Trinajstić information content (AvgIpc) is 2.84. The molecule has 0 aliphatic carbocycles. The number of benzene rings is 1. The number of hydrogen-bond acceptors (Lipinski definition) is 3. The van der Waals surface area contributed by atoms with Gasteiger partial charge in [0.15, 0.2) is 0 Å². The topological polar surface area (TPSA) is 78.4 Å². The van der Waals surface area contributed by atoms with Crippen molar-refractivity contribution in [2.45, 2.75) is 6.54 Å². The number of aromatic carboxylic acids is 1. The van der Waals surface area contributed by atoms with E-state index < -0.39 is 23.4 Å². The number of carbonyl (C=O) groups excluding carboxylic acids is 1. The van der Waals surface area contributed by atoms with Crippen molar-refractivity contribution >= 4 is 45.0 Å². The van der Waals surface area contributed by atoms with E-state index in [-0.39, 0.29) is 5.69 Å². The molecule has 1 aromatic heterocycles. The molecule has 5 nitrogen and oxygen atoms in total. The maximum atomic E-state index is 13.2. The molecule has 0 aliphatic rings. The number of rotatable bonds is 4. The Bertz CT molecular complexity index is 690. The van der Waals surface area contributed by atoms with E-state index in [1.54, 1.807) is 0 Å². The lowest BCUT2D eigenvalue weighted by atomic mass is 10.2. The Morgan fingerprint density at radius 1 is 1.33 bits per heavy atom. The maximum absolute atomic E-state index is 13.2. The Morgan fingerprint density at radius 2 is 2.10 bits per heavy atom. The standard InChI is InChI=1S/C13H10BrFN2O3S/c14-9-3-4-21-11(9)6-16-13(20)17-7-1-2-10(15)8(5-7)12(18)19/h1-5H,6H2,(H,18,19)(H2,16,17,20). The number of halogens is 2. The molecule has 0 radical (unpaired) electrons. The van der Waals surface area contributed by atoms with Gasteiger partial charge in [-0.3, -0.25) is 0 Å². The van der Waals surface area contributed by atoms with Crippen molar-refractivity contribution in [3.05, 3.63) is 50.4 Å². The third kappa shape index (κ3) is 4.02. The van der Waals surface area contributed by atoms with E-state index in [2.05, 4.69) is 26.6 Å². The minimum Gasteiger partial charge on any atom is -0.478 e. The van der Waals surface area contributed by atoms with Crippen LogP contribution in [-0.2, 0) is 6.54 Å². The summed E-state index contributed by atoms with van der Waals surface area (Å²) in [5.74, 6) is -2.24. The maximum Gasteiger partial charge on any atom is 0.338 e.